The lowest BCUT2D eigenvalue weighted by molar-refractivity contribution is -0.275. The van der Waals surface area contributed by atoms with Crippen molar-refractivity contribution in [1.82, 2.24) is 9.78 Å². The first kappa shape index (κ1) is 21.4. The van der Waals surface area contributed by atoms with Crippen molar-refractivity contribution in [1.29, 1.82) is 0 Å². The van der Waals surface area contributed by atoms with Crippen molar-refractivity contribution in [2.75, 3.05) is 6.61 Å². The van der Waals surface area contributed by atoms with Gasteiger partial charge in [-0.05, 0) is 60.5 Å². The molecule has 0 saturated heterocycles. The van der Waals surface area contributed by atoms with Crippen molar-refractivity contribution in [3.8, 4) is 11.4 Å². The number of nitrogens with zero attached hydrogens (tertiary/aromatic N) is 2. The van der Waals surface area contributed by atoms with Crippen LogP contribution in [-0.4, -0.2) is 27.7 Å². The highest BCUT2D eigenvalue weighted by molar-refractivity contribution is 9.10. The van der Waals surface area contributed by atoms with Crippen molar-refractivity contribution < 1.29 is 23.0 Å². The SMILES string of the molecule is Cc1cc(C(O)(COc2ccc(Br)cc2)C(F)(F)F)cc2cnn(-c3ccccc3)c12. The lowest BCUT2D eigenvalue weighted by Gasteiger charge is -2.31. The van der Waals surface area contributed by atoms with Gasteiger partial charge in [0.2, 0.25) is 5.60 Å². The van der Waals surface area contributed by atoms with E-state index in [9.17, 15) is 18.3 Å². The number of hydrogen-bond donors (Lipinski definition) is 1. The molecule has 4 rings (SSSR count). The molecular weight excluding hydrogens is 473 g/mol. The van der Waals surface area contributed by atoms with Crippen molar-refractivity contribution in [3.63, 3.8) is 0 Å². The second-order valence-corrected chi connectivity index (χ2v) is 8.14. The third-order valence-electron chi connectivity index (χ3n) is 5.06. The summed E-state index contributed by atoms with van der Waals surface area (Å²) in [6.07, 6.45) is -3.46. The highest BCUT2D eigenvalue weighted by Gasteiger charge is 2.56. The number of aryl methyl sites for hydroxylation is 1. The monoisotopic (exact) mass is 490 g/mol. The lowest BCUT2D eigenvalue weighted by Crippen LogP contribution is -2.47. The van der Waals surface area contributed by atoms with E-state index in [-0.39, 0.29) is 11.3 Å². The lowest BCUT2D eigenvalue weighted by atomic mass is 9.91. The molecule has 160 valence electrons. The zero-order chi connectivity index (χ0) is 22.2. The van der Waals surface area contributed by atoms with Gasteiger partial charge in [0.15, 0.2) is 0 Å². The number of alkyl halides is 3. The van der Waals surface area contributed by atoms with Crippen LogP contribution in [0.2, 0.25) is 0 Å². The third-order valence-corrected chi connectivity index (χ3v) is 5.59. The van der Waals surface area contributed by atoms with Gasteiger partial charge in [0.1, 0.15) is 12.4 Å². The zero-order valence-corrected chi connectivity index (χ0v) is 18.0. The number of aliphatic hydroxyl groups is 1. The van der Waals surface area contributed by atoms with Gasteiger partial charge >= 0.3 is 6.18 Å². The summed E-state index contributed by atoms with van der Waals surface area (Å²) in [7, 11) is 0. The molecule has 1 N–H and O–H groups in total. The van der Waals surface area contributed by atoms with Crippen LogP contribution >= 0.6 is 15.9 Å². The van der Waals surface area contributed by atoms with E-state index < -0.39 is 18.4 Å². The van der Waals surface area contributed by atoms with Crippen LogP contribution in [0, 0.1) is 6.92 Å². The van der Waals surface area contributed by atoms with E-state index in [1.54, 1.807) is 23.7 Å². The summed E-state index contributed by atoms with van der Waals surface area (Å²) >= 11 is 3.26. The van der Waals surface area contributed by atoms with Crippen LogP contribution in [0.5, 0.6) is 5.75 Å². The normalized spacial score (nSPS) is 13.9. The standard InChI is InChI=1S/C23H18BrF3N2O2/c1-15-11-17(12-16-13-28-29(21(15)16)19-5-3-2-4-6-19)22(30,23(25,26)27)14-31-20-9-7-18(24)8-10-20/h2-13,30H,14H2,1H3. The van der Waals surface area contributed by atoms with E-state index in [4.69, 9.17) is 4.74 Å². The number of fused-ring (bicyclic) bond motifs is 1. The van der Waals surface area contributed by atoms with Gasteiger partial charge in [0.05, 0.1) is 17.4 Å². The number of benzene rings is 3. The molecule has 4 aromatic rings. The molecule has 1 atom stereocenters. The maximum Gasteiger partial charge on any atom is 0.424 e. The highest BCUT2D eigenvalue weighted by Crippen LogP contribution is 2.41. The van der Waals surface area contributed by atoms with E-state index >= 15 is 0 Å². The maximum absolute atomic E-state index is 14.0. The summed E-state index contributed by atoms with van der Waals surface area (Å²) in [4.78, 5) is 0. The molecule has 0 spiro atoms. The number of aromatic nitrogens is 2. The second-order valence-electron chi connectivity index (χ2n) is 7.22. The Morgan fingerprint density at radius 2 is 1.71 bits per heavy atom. The van der Waals surface area contributed by atoms with Crippen LogP contribution in [0.4, 0.5) is 13.2 Å². The number of hydrogen-bond acceptors (Lipinski definition) is 3. The summed E-state index contributed by atoms with van der Waals surface area (Å²) in [5, 5.41) is 15.6. The number of ether oxygens (including phenoxy) is 1. The molecule has 0 aliphatic heterocycles. The van der Waals surface area contributed by atoms with Crippen molar-refractivity contribution in [2.45, 2.75) is 18.7 Å². The minimum atomic E-state index is -4.95. The molecule has 0 bridgehead atoms. The van der Waals surface area contributed by atoms with Crippen molar-refractivity contribution in [2.24, 2.45) is 0 Å². The average Bonchev–Trinajstić information content (AvgIpc) is 3.17. The van der Waals surface area contributed by atoms with Gasteiger partial charge in [-0.2, -0.15) is 18.3 Å². The van der Waals surface area contributed by atoms with Gasteiger partial charge in [0.25, 0.3) is 0 Å². The Bertz CT molecular complexity index is 1210. The zero-order valence-electron chi connectivity index (χ0n) is 16.4. The quantitative estimate of drug-likeness (QED) is 0.377. The molecule has 0 aliphatic carbocycles. The summed E-state index contributed by atoms with van der Waals surface area (Å²) in [5.41, 5.74) is -1.46. The van der Waals surface area contributed by atoms with Crippen LogP contribution in [0.25, 0.3) is 16.6 Å². The first-order valence-corrected chi connectivity index (χ1v) is 10.2. The van der Waals surface area contributed by atoms with Gasteiger partial charge in [-0.3, -0.25) is 0 Å². The Labute approximate surface area is 185 Å². The van der Waals surface area contributed by atoms with Gasteiger partial charge in [-0.1, -0.05) is 40.2 Å². The summed E-state index contributed by atoms with van der Waals surface area (Å²) in [5.74, 6) is 0.223. The number of para-hydroxylation sites is 1. The molecule has 31 heavy (non-hydrogen) atoms. The average molecular weight is 491 g/mol. The fourth-order valence-electron chi connectivity index (χ4n) is 3.42. The number of halogens is 4. The molecule has 4 nitrogen and oxygen atoms in total. The predicted octanol–water partition coefficient (Wildman–Crippen LogP) is 5.93. The predicted molar refractivity (Wildman–Crippen MR) is 115 cm³/mol. The highest BCUT2D eigenvalue weighted by atomic mass is 79.9. The van der Waals surface area contributed by atoms with Crippen molar-refractivity contribution in [3.05, 3.63) is 88.5 Å². The van der Waals surface area contributed by atoms with E-state index in [1.165, 1.54) is 30.5 Å². The summed E-state index contributed by atoms with van der Waals surface area (Å²) < 4.78 is 49.8. The Kier molecular flexibility index (Phi) is 5.53. The number of rotatable bonds is 5. The van der Waals surface area contributed by atoms with Crippen LogP contribution in [0.1, 0.15) is 11.1 Å². The molecule has 0 radical (unpaired) electrons. The second kappa shape index (κ2) is 8.01. The third kappa shape index (κ3) is 4.05. The molecule has 0 amide bonds. The first-order chi connectivity index (χ1) is 14.7. The molecule has 1 heterocycles. The summed E-state index contributed by atoms with van der Waals surface area (Å²) in [6, 6.07) is 18.3. The molecule has 8 heteroatoms. The Morgan fingerprint density at radius 1 is 1.03 bits per heavy atom. The maximum atomic E-state index is 14.0. The largest absolute Gasteiger partial charge is 0.490 e. The Balaban J connectivity index is 1.75. The summed E-state index contributed by atoms with van der Waals surface area (Å²) in [6.45, 7) is 0.717. The topological polar surface area (TPSA) is 47.3 Å². The van der Waals surface area contributed by atoms with Gasteiger partial charge in [-0.25, -0.2) is 4.68 Å². The smallest absolute Gasteiger partial charge is 0.424 e. The molecule has 1 unspecified atom stereocenters. The fraction of sp³-hybridized carbons (Fsp3) is 0.174. The molecule has 3 aromatic carbocycles. The van der Waals surface area contributed by atoms with E-state index in [0.29, 0.717) is 16.5 Å². The van der Waals surface area contributed by atoms with Gasteiger partial charge < -0.3 is 9.84 Å². The van der Waals surface area contributed by atoms with Crippen LogP contribution in [-0.2, 0) is 5.60 Å². The molecule has 0 aliphatic rings. The van der Waals surface area contributed by atoms with Crippen LogP contribution < -0.4 is 4.74 Å². The molecule has 1 aromatic heterocycles. The van der Waals surface area contributed by atoms with E-state index in [0.717, 1.165) is 10.2 Å². The molecule has 0 fully saturated rings. The minimum absolute atomic E-state index is 0.223. The van der Waals surface area contributed by atoms with Gasteiger partial charge in [-0.15, -0.1) is 0 Å². The molecular formula is C23H18BrF3N2O2. The Morgan fingerprint density at radius 3 is 2.35 bits per heavy atom. The van der Waals surface area contributed by atoms with Crippen LogP contribution in [0.3, 0.4) is 0 Å². The van der Waals surface area contributed by atoms with Crippen LogP contribution in [0.15, 0.2) is 77.4 Å². The fourth-order valence-corrected chi connectivity index (χ4v) is 3.69. The Hall–Kier alpha value is -2.84. The first-order valence-electron chi connectivity index (χ1n) is 9.41. The molecule has 0 saturated carbocycles. The van der Waals surface area contributed by atoms with Crippen molar-refractivity contribution >= 4 is 26.8 Å². The van der Waals surface area contributed by atoms with Gasteiger partial charge in [0, 0.05) is 9.86 Å². The minimum Gasteiger partial charge on any atom is -0.490 e. The van der Waals surface area contributed by atoms with E-state index in [2.05, 4.69) is 21.0 Å². The van der Waals surface area contributed by atoms with E-state index in [1.807, 2.05) is 30.3 Å².